The van der Waals surface area contributed by atoms with Gasteiger partial charge in [-0.05, 0) is 23.5 Å². The van der Waals surface area contributed by atoms with Crippen molar-refractivity contribution in [2.45, 2.75) is 13.8 Å². The third kappa shape index (κ3) is 3.24. The fourth-order valence-corrected chi connectivity index (χ4v) is 1.66. The molecule has 0 bridgehead atoms. The van der Waals surface area contributed by atoms with Gasteiger partial charge in [0.1, 0.15) is 0 Å². The predicted octanol–water partition coefficient (Wildman–Crippen LogP) is 0.595. The number of carbonyl (C=O) groups excluding carboxylic acids is 1. The van der Waals surface area contributed by atoms with Gasteiger partial charge in [0.25, 0.3) is 5.91 Å². The molecule has 84 valence electrons. The van der Waals surface area contributed by atoms with Gasteiger partial charge in [-0.1, -0.05) is 18.3 Å². The molecule has 0 aliphatic carbocycles. The van der Waals surface area contributed by atoms with E-state index in [0.29, 0.717) is 18.8 Å². The Balaban J connectivity index is 2.62. The number of amides is 1. The number of nitrogens with two attached hydrogens (primary N) is 1. The molecule has 15 heavy (non-hydrogen) atoms. The molecule has 0 aliphatic heterocycles. The molecule has 6 heteroatoms. The highest BCUT2D eigenvalue weighted by Gasteiger charge is 2.22. The summed E-state index contributed by atoms with van der Waals surface area (Å²) >= 11 is 1.18. The van der Waals surface area contributed by atoms with Gasteiger partial charge in [0.05, 0.1) is 0 Å². The molecular weight excluding hydrogens is 212 g/mol. The Morgan fingerprint density at radius 3 is 2.80 bits per heavy atom. The summed E-state index contributed by atoms with van der Waals surface area (Å²) in [5.74, 6) is -0.106. The molecule has 1 amide bonds. The summed E-state index contributed by atoms with van der Waals surface area (Å²) in [6, 6.07) is 0. The third-order valence-electron chi connectivity index (χ3n) is 2.14. The maximum Gasteiger partial charge on any atom is 0.275 e. The van der Waals surface area contributed by atoms with Crippen molar-refractivity contribution in [2.24, 2.45) is 11.1 Å². The first kappa shape index (κ1) is 12.1. The lowest BCUT2D eigenvalue weighted by Crippen LogP contribution is -2.39. The van der Waals surface area contributed by atoms with E-state index in [9.17, 15) is 4.79 Å². The monoisotopic (exact) mass is 228 g/mol. The van der Waals surface area contributed by atoms with Crippen molar-refractivity contribution in [1.29, 1.82) is 0 Å². The Hall–Kier alpha value is -1.01. The van der Waals surface area contributed by atoms with E-state index in [1.807, 2.05) is 13.8 Å². The van der Waals surface area contributed by atoms with E-state index in [2.05, 4.69) is 9.59 Å². The maximum atomic E-state index is 11.8. The molecule has 0 unspecified atom stereocenters. The summed E-state index contributed by atoms with van der Waals surface area (Å²) in [6.07, 6.45) is 0. The van der Waals surface area contributed by atoms with Crippen LogP contribution in [0.15, 0.2) is 5.38 Å². The van der Waals surface area contributed by atoms with Crippen LogP contribution in [-0.4, -0.2) is 40.5 Å². The molecule has 5 nitrogen and oxygen atoms in total. The van der Waals surface area contributed by atoms with Gasteiger partial charge in [0.15, 0.2) is 5.69 Å². The molecule has 0 spiro atoms. The Kier molecular flexibility index (Phi) is 3.76. The summed E-state index contributed by atoms with van der Waals surface area (Å²) in [7, 11) is 1.75. The van der Waals surface area contributed by atoms with Crippen molar-refractivity contribution in [3.63, 3.8) is 0 Å². The second-order valence-electron chi connectivity index (χ2n) is 4.32. The number of carbonyl (C=O) groups is 1. The Morgan fingerprint density at radius 2 is 2.33 bits per heavy atom. The summed E-state index contributed by atoms with van der Waals surface area (Å²) < 4.78 is 3.66. The molecular formula is C9H16N4OS. The average Bonchev–Trinajstić information content (AvgIpc) is 2.68. The second-order valence-corrected chi connectivity index (χ2v) is 4.93. The van der Waals surface area contributed by atoms with Crippen LogP contribution < -0.4 is 5.73 Å². The number of aromatic nitrogens is 2. The summed E-state index contributed by atoms with van der Waals surface area (Å²) in [6.45, 7) is 5.20. The highest BCUT2D eigenvalue weighted by atomic mass is 32.1. The van der Waals surface area contributed by atoms with Gasteiger partial charge in [-0.25, -0.2) is 0 Å². The smallest absolute Gasteiger partial charge is 0.275 e. The largest absolute Gasteiger partial charge is 0.340 e. The third-order valence-corrected chi connectivity index (χ3v) is 2.65. The van der Waals surface area contributed by atoms with E-state index in [4.69, 9.17) is 5.73 Å². The Morgan fingerprint density at radius 1 is 1.67 bits per heavy atom. The fourth-order valence-electron chi connectivity index (χ4n) is 1.23. The standard InChI is InChI=1S/C9H16N4OS/c1-9(2,5-10)6-13(3)8(14)7-4-15-12-11-7/h4H,5-6,10H2,1-3H3. The second kappa shape index (κ2) is 4.67. The quantitative estimate of drug-likeness (QED) is 0.819. The van der Waals surface area contributed by atoms with E-state index in [1.165, 1.54) is 11.5 Å². The number of nitrogens with zero attached hydrogens (tertiary/aromatic N) is 3. The molecule has 1 rings (SSSR count). The minimum atomic E-state index is -0.106. The van der Waals surface area contributed by atoms with E-state index in [0.717, 1.165) is 0 Å². The number of hydrogen-bond donors (Lipinski definition) is 1. The molecule has 0 fully saturated rings. The maximum absolute atomic E-state index is 11.8. The van der Waals surface area contributed by atoms with E-state index >= 15 is 0 Å². The lowest BCUT2D eigenvalue weighted by molar-refractivity contribution is 0.0734. The van der Waals surface area contributed by atoms with Crippen molar-refractivity contribution in [1.82, 2.24) is 14.5 Å². The molecule has 1 heterocycles. The summed E-state index contributed by atoms with van der Waals surface area (Å²) in [5, 5.41) is 5.39. The van der Waals surface area contributed by atoms with Crippen molar-refractivity contribution in [3.8, 4) is 0 Å². The zero-order valence-corrected chi connectivity index (χ0v) is 10.0. The van der Waals surface area contributed by atoms with E-state index < -0.39 is 0 Å². The van der Waals surface area contributed by atoms with Gasteiger partial charge in [-0.3, -0.25) is 4.79 Å². The zero-order chi connectivity index (χ0) is 11.5. The molecule has 0 aromatic carbocycles. The number of rotatable bonds is 4. The molecule has 0 saturated heterocycles. The van der Waals surface area contributed by atoms with Gasteiger partial charge < -0.3 is 10.6 Å². The van der Waals surface area contributed by atoms with Gasteiger partial charge in [0, 0.05) is 19.0 Å². The van der Waals surface area contributed by atoms with Gasteiger partial charge >= 0.3 is 0 Å². The highest BCUT2D eigenvalue weighted by Crippen LogP contribution is 2.15. The van der Waals surface area contributed by atoms with Crippen molar-refractivity contribution in [2.75, 3.05) is 20.1 Å². The summed E-state index contributed by atoms with van der Waals surface area (Å²) in [4.78, 5) is 13.4. The van der Waals surface area contributed by atoms with Crippen molar-refractivity contribution < 1.29 is 4.79 Å². The Bertz CT molecular complexity index is 323. The first-order valence-electron chi connectivity index (χ1n) is 4.69. The molecule has 2 N–H and O–H groups in total. The van der Waals surface area contributed by atoms with Crippen LogP contribution in [0.1, 0.15) is 24.3 Å². The molecule has 0 atom stereocenters. The van der Waals surface area contributed by atoms with Gasteiger partial charge in [0.2, 0.25) is 0 Å². The lowest BCUT2D eigenvalue weighted by Gasteiger charge is -2.28. The van der Waals surface area contributed by atoms with E-state index in [-0.39, 0.29) is 11.3 Å². The molecule has 0 aliphatic rings. The van der Waals surface area contributed by atoms with Crippen molar-refractivity contribution in [3.05, 3.63) is 11.1 Å². The molecule has 0 saturated carbocycles. The van der Waals surface area contributed by atoms with E-state index in [1.54, 1.807) is 17.3 Å². The van der Waals surface area contributed by atoms with Crippen LogP contribution in [0.3, 0.4) is 0 Å². The lowest BCUT2D eigenvalue weighted by atomic mass is 9.93. The first-order valence-corrected chi connectivity index (χ1v) is 5.52. The minimum absolute atomic E-state index is 0.0755. The Labute approximate surface area is 93.4 Å². The van der Waals surface area contributed by atoms with Crippen LogP contribution in [0.2, 0.25) is 0 Å². The molecule has 0 radical (unpaired) electrons. The molecule has 1 aromatic heterocycles. The van der Waals surface area contributed by atoms with Crippen LogP contribution in [-0.2, 0) is 0 Å². The predicted molar refractivity (Wildman–Crippen MR) is 59.7 cm³/mol. The van der Waals surface area contributed by atoms with Crippen LogP contribution in [0.4, 0.5) is 0 Å². The molecule has 1 aromatic rings. The van der Waals surface area contributed by atoms with Gasteiger partial charge in [-0.15, -0.1) is 5.10 Å². The van der Waals surface area contributed by atoms with Crippen molar-refractivity contribution >= 4 is 17.4 Å². The van der Waals surface area contributed by atoms with Gasteiger partial charge in [-0.2, -0.15) is 0 Å². The normalized spacial score (nSPS) is 11.5. The van der Waals surface area contributed by atoms with Crippen LogP contribution in [0, 0.1) is 5.41 Å². The van der Waals surface area contributed by atoms with Crippen LogP contribution >= 0.6 is 11.5 Å². The zero-order valence-electron chi connectivity index (χ0n) is 9.23. The minimum Gasteiger partial charge on any atom is -0.340 e. The summed E-state index contributed by atoms with van der Waals surface area (Å²) in [5.41, 5.74) is 5.93. The van der Waals surface area contributed by atoms with Crippen LogP contribution in [0.25, 0.3) is 0 Å². The average molecular weight is 228 g/mol. The SMILES string of the molecule is CN(CC(C)(C)CN)C(=O)c1csnn1. The fraction of sp³-hybridized carbons (Fsp3) is 0.667. The number of hydrogen-bond acceptors (Lipinski definition) is 5. The van der Waals surface area contributed by atoms with Crippen LogP contribution in [0.5, 0.6) is 0 Å². The highest BCUT2D eigenvalue weighted by molar-refractivity contribution is 7.03. The first-order chi connectivity index (χ1) is 6.96. The topological polar surface area (TPSA) is 72.1 Å².